The number of hydrogen-bond acceptors (Lipinski definition) is 6. The number of rotatable bonds is 4. The number of primary amides is 1. The lowest BCUT2D eigenvalue weighted by Gasteiger charge is -2.30. The average Bonchev–Trinajstić information content (AvgIpc) is 2.78. The molecule has 1 aromatic rings. The number of nitrogens with one attached hydrogen (secondary N) is 2. The first kappa shape index (κ1) is 18.9. The lowest BCUT2D eigenvalue weighted by Crippen LogP contribution is -2.47. The summed E-state index contributed by atoms with van der Waals surface area (Å²) in [5.41, 5.74) is 5.79. The van der Waals surface area contributed by atoms with Gasteiger partial charge in [-0.05, 0) is 24.6 Å². The van der Waals surface area contributed by atoms with E-state index in [1.807, 2.05) is 0 Å². The summed E-state index contributed by atoms with van der Waals surface area (Å²) in [6.45, 7) is 0.192. The number of piperidine rings is 1. The zero-order valence-electron chi connectivity index (χ0n) is 13.9. The first-order chi connectivity index (χ1) is 12.6. The van der Waals surface area contributed by atoms with Gasteiger partial charge in [0.2, 0.25) is 0 Å². The van der Waals surface area contributed by atoms with Gasteiger partial charge in [0, 0.05) is 24.3 Å². The molecule has 2 aliphatic heterocycles. The maximum atomic E-state index is 12.5. The number of carbonyl (C=O) groups is 3. The highest BCUT2D eigenvalue weighted by molar-refractivity contribution is 7.80. The van der Waals surface area contributed by atoms with Crippen molar-refractivity contribution in [1.82, 2.24) is 9.96 Å². The summed E-state index contributed by atoms with van der Waals surface area (Å²) in [7, 11) is -4.84. The molecule has 2 aliphatic rings. The summed E-state index contributed by atoms with van der Waals surface area (Å²) < 4.78 is 34.9. The normalized spacial score (nSPS) is 21.9. The number of nitrogens with zero attached hydrogens (tertiary/aromatic N) is 2. The number of fused-ring (bicyclic) bond motifs is 2. The summed E-state index contributed by atoms with van der Waals surface area (Å²) >= 11 is 0. The number of hydrogen-bond donors (Lipinski definition) is 4. The second kappa shape index (κ2) is 7.02. The summed E-state index contributed by atoms with van der Waals surface area (Å²) in [6, 6.07) is 3.47. The van der Waals surface area contributed by atoms with E-state index in [9.17, 15) is 22.8 Å². The van der Waals surface area contributed by atoms with Crippen LogP contribution in [0.4, 0.5) is 21.0 Å². The number of benzene rings is 1. The van der Waals surface area contributed by atoms with Gasteiger partial charge in [0.25, 0.3) is 5.91 Å². The zero-order chi connectivity index (χ0) is 19.8. The number of anilines is 2. The van der Waals surface area contributed by atoms with Gasteiger partial charge in [0.05, 0.1) is 6.04 Å². The smallest absolute Gasteiger partial charge is 0.351 e. The van der Waals surface area contributed by atoms with Crippen molar-refractivity contribution in [2.45, 2.75) is 24.9 Å². The van der Waals surface area contributed by atoms with Gasteiger partial charge in [-0.15, -0.1) is 4.28 Å². The number of amides is 5. The Balaban J connectivity index is 1.70. The van der Waals surface area contributed by atoms with E-state index < -0.39 is 40.5 Å². The number of hydroxylamine groups is 2. The summed E-state index contributed by atoms with van der Waals surface area (Å²) in [6.07, 6.45) is 0.472. The average molecular weight is 399 g/mol. The van der Waals surface area contributed by atoms with Gasteiger partial charge in [-0.2, -0.15) is 13.5 Å². The van der Waals surface area contributed by atoms with Crippen LogP contribution in [0.25, 0.3) is 0 Å². The van der Waals surface area contributed by atoms with Gasteiger partial charge >= 0.3 is 22.5 Å². The molecule has 13 heteroatoms. The summed E-state index contributed by atoms with van der Waals surface area (Å²) in [5.74, 6) is -0.727. The number of nitrogens with two attached hydrogens (primary N) is 1. The largest absolute Gasteiger partial charge is 0.418 e. The van der Waals surface area contributed by atoms with E-state index in [-0.39, 0.29) is 19.4 Å². The van der Waals surface area contributed by atoms with Crippen molar-refractivity contribution in [3.8, 4) is 0 Å². The third-order valence-corrected chi connectivity index (χ3v) is 4.57. The predicted octanol–water partition coefficient (Wildman–Crippen LogP) is 0.119. The molecule has 12 nitrogen and oxygen atoms in total. The van der Waals surface area contributed by atoms with Crippen LogP contribution in [-0.4, -0.2) is 59.5 Å². The third kappa shape index (κ3) is 4.27. The van der Waals surface area contributed by atoms with Gasteiger partial charge in [0.15, 0.2) is 0 Å². The lowest BCUT2D eigenvalue weighted by molar-refractivity contribution is -0.157. The van der Waals surface area contributed by atoms with Crippen LogP contribution in [0.15, 0.2) is 24.3 Å². The van der Waals surface area contributed by atoms with E-state index in [1.165, 1.54) is 11.0 Å². The quantitative estimate of drug-likeness (QED) is 0.521. The van der Waals surface area contributed by atoms with Crippen molar-refractivity contribution in [3.63, 3.8) is 0 Å². The summed E-state index contributed by atoms with van der Waals surface area (Å²) in [5, 5.41) is 5.58. The molecule has 2 fully saturated rings. The van der Waals surface area contributed by atoms with Gasteiger partial charge in [-0.25, -0.2) is 9.59 Å². The van der Waals surface area contributed by atoms with Gasteiger partial charge in [0.1, 0.15) is 6.04 Å². The fraction of sp³-hybridized carbons (Fsp3) is 0.357. The first-order valence-electron chi connectivity index (χ1n) is 7.88. The number of likely N-dealkylation sites (tertiary alicyclic amines) is 1. The van der Waals surface area contributed by atoms with Crippen LogP contribution >= 0.6 is 0 Å². The van der Waals surface area contributed by atoms with Crippen LogP contribution in [0, 0.1) is 0 Å². The van der Waals surface area contributed by atoms with Crippen molar-refractivity contribution in [1.29, 1.82) is 0 Å². The molecule has 2 atom stereocenters. The zero-order valence-corrected chi connectivity index (χ0v) is 14.7. The van der Waals surface area contributed by atoms with E-state index in [2.05, 4.69) is 14.9 Å². The third-order valence-electron chi connectivity index (χ3n) is 4.23. The predicted molar refractivity (Wildman–Crippen MR) is 91.7 cm³/mol. The fourth-order valence-corrected chi connectivity index (χ4v) is 3.57. The second-order valence-electron chi connectivity index (χ2n) is 6.05. The fourth-order valence-electron chi connectivity index (χ4n) is 3.18. The van der Waals surface area contributed by atoms with Crippen molar-refractivity contribution < 1.29 is 31.6 Å². The highest BCUT2D eigenvalue weighted by atomic mass is 32.3. The molecule has 2 saturated heterocycles. The first-order valence-corrected chi connectivity index (χ1v) is 9.25. The maximum Gasteiger partial charge on any atom is 0.418 e. The highest BCUT2D eigenvalue weighted by Gasteiger charge is 2.50. The van der Waals surface area contributed by atoms with Crippen LogP contribution in [-0.2, 0) is 19.5 Å². The molecular weight excluding hydrogens is 382 g/mol. The molecule has 2 bridgehead atoms. The van der Waals surface area contributed by atoms with Crippen molar-refractivity contribution >= 4 is 39.7 Å². The van der Waals surface area contributed by atoms with Crippen LogP contribution in [0.1, 0.15) is 12.8 Å². The SMILES string of the molecule is NC(=O)Nc1cccc(NC(=O)N2CCC3CC2C(=O)N3OS(=O)(=O)O)c1. The minimum atomic E-state index is -4.84. The Kier molecular flexibility index (Phi) is 4.91. The van der Waals surface area contributed by atoms with Gasteiger partial charge in [-0.3, -0.25) is 9.35 Å². The monoisotopic (exact) mass is 399 g/mol. The molecule has 0 aromatic heterocycles. The van der Waals surface area contributed by atoms with E-state index in [1.54, 1.807) is 18.2 Å². The van der Waals surface area contributed by atoms with Gasteiger partial charge < -0.3 is 21.3 Å². The van der Waals surface area contributed by atoms with E-state index in [0.717, 1.165) is 0 Å². The molecule has 0 saturated carbocycles. The van der Waals surface area contributed by atoms with E-state index >= 15 is 0 Å². The Bertz CT molecular complexity index is 890. The van der Waals surface area contributed by atoms with Crippen molar-refractivity contribution in [3.05, 3.63) is 24.3 Å². The van der Waals surface area contributed by atoms with Crippen LogP contribution in [0.5, 0.6) is 0 Å². The Morgan fingerprint density at radius 1 is 1.26 bits per heavy atom. The van der Waals surface area contributed by atoms with E-state index in [0.29, 0.717) is 16.4 Å². The van der Waals surface area contributed by atoms with Crippen molar-refractivity contribution in [2.24, 2.45) is 5.73 Å². The minimum Gasteiger partial charge on any atom is -0.351 e. The maximum absolute atomic E-state index is 12.5. The lowest BCUT2D eigenvalue weighted by atomic mass is 10.0. The van der Waals surface area contributed by atoms with E-state index in [4.69, 9.17) is 10.3 Å². The molecule has 27 heavy (non-hydrogen) atoms. The molecule has 3 rings (SSSR count). The number of urea groups is 2. The number of carbonyl (C=O) groups excluding carboxylic acids is 3. The molecule has 1 aromatic carbocycles. The molecule has 146 valence electrons. The van der Waals surface area contributed by atoms with Crippen LogP contribution < -0.4 is 16.4 Å². The topological polar surface area (TPSA) is 171 Å². The molecule has 0 radical (unpaired) electrons. The van der Waals surface area contributed by atoms with Crippen molar-refractivity contribution in [2.75, 3.05) is 17.2 Å². The molecule has 5 amide bonds. The standard InChI is InChI=1S/C14H17N5O7S/c15-13(21)16-8-2-1-3-9(6-8)17-14(22)18-5-4-10-7-11(18)12(20)19(10)26-27(23,24)25/h1-3,6,10-11H,4-5,7H2,(H,17,22)(H3,15,16,21)(H,23,24,25). The summed E-state index contributed by atoms with van der Waals surface area (Å²) in [4.78, 5) is 37.1. The molecule has 0 aliphatic carbocycles. The Hall–Kier alpha value is -2.90. The van der Waals surface area contributed by atoms with Gasteiger partial charge in [-0.1, -0.05) is 6.07 Å². The molecule has 2 heterocycles. The Morgan fingerprint density at radius 3 is 2.56 bits per heavy atom. The second-order valence-corrected chi connectivity index (χ2v) is 7.06. The minimum absolute atomic E-state index is 0.186. The molecule has 2 unspecified atom stereocenters. The Morgan fingerprint density at radius 2 is 1.93 bits per heavy atom. The highest BCUT2D eigenvalue weighted by Crippen LogP contribution is 2.32. The van der Waals surface area contributed by atoms with Crippen LogP contribution in [0.2, 0.25) is 0 Å². The molecule has 0 spiro atoms. The molecular formula is C14H17N5O7S. The Labute approximate surface area is 154 Å². The van der Waals surface area contributed by atoms with Crippen LogP contribution in [0.3, 0.4) is 0 Å². The molecule has 5 N–H and O–H groups in total.